The maximum absolute atomic E-state index is 2.37. The van der Waals surface area contributed by atoms with Crippen molar-refractivity contribution in [2.75, 3.05) is 0 Å². The van der Waals surface area contributed by atoms with E-state index in [-0.39, 0.29) is 0 Å². The van der Waals surface area contributed by atoms with E-state index in [9.17, 15) is 0 Å². The first-order valence-electron chi connectivity index (χ1n) is 15.9. The van der Waals surface area contributed by atoms with E-state index in [1.165, 1.54) is 87.6 Å². The molecule has 0 aliphatic carbocycles. The highest BCUT2D eigenvalue weighted by Gasteiger charge is 2.18. The van der Waals surface area contributed by atoms with Crippen molar-refractivity contribution in [2.24, 2.45) is 0 Å². The van der Waals surface area contributed by atoms with Crippen LogP contribution in [0.1, 0.15) is 0 Å². The van der Waals surface area contributed by atoms with Gasteiger partial charge in [-0.3, -0.25) is 0 Å². The second-order valence-corrected chi connectivity index (χ2v) is 12.1. The molecule has 0 saturated carbocycles. The molecule has 0 nitrogen and oxygen atoms in total. The molecule has 9 rings (SSSR count). The van der Waals surface area contributed by atoms with Crippen molar-refractivity contribution >= 4 is 43.1 Å². The molecule has 0 aromatic heterocycles. The Bertz CT molecular complexity index is 2520. The first-order valence-corrected chi connectivity index (χ1v) is 15.9. The van der Waals surface area contributed by atoms with Crippen LogP contribution in [0.5, 0.6) is 0 Å². The van der Waals surface area contributed by atoms with Gasteiger partial charge in [-0.05, 0) is 106 Å². The lowest BCUT2D eigenvalue weighted by Gasteiger charge is -2.19. The monoisotopic (exact) mass is 582 g/mol. The SMILES string of the molecule is c1ccc(-c2ccc3cccc(-c4c5ccccc5c(-c5cccc(-c6ccc7ccccc7c6)c5)c5ccccc45)c3c2)cc1. The van der Waals surface area contributed by atoms with Gasteiger partial charge in [-0.25, -0.2) is 0 Å². The highest BCUT2D eigenvalue weighted by atomic mass is 14.2. The fourth-order valence-electron chi connectivity index (χ4n) is 7.25. The van der Waals surface area contributed by atoms with E-state index in [1.807, 2.05) is 0 Å². The van der Waals surface area contributed by atoms with Gasteiger partial charge < -0.3 is 0 Å². The minimum absolute atomic E-state index is 1.22. The van der Waals surface area contributed by atoms with E-state index >= 15 is 0 Å². The molecule has 0 heterocycles. The van der Waals surface area contributed by atoms with Gasteiger partial charge in [-0.15, -0.1) is 0 Å². The van der Waals surface area contributed by atoms with Crippen molar-refractivity contribution in [3.05, 3.63) is 182 Å². The van der Waals surface area contributed by atoms with Crippen LogP contribution in [-0.2, 0) is 0 Å². The molecule has 46 heavy (non-hydrogen) atoms. The number of benzene rings is 9. The van der Waals surface area contributed by atoms with Crippen LogP contribution in [-0.4, -0.2) is 0 Å². The largest absolute Gasteiger partial charge is 0.0622 e. The molecule has 9 aromatic carbocycles. The van der Waals surface area contributed by atoms with E-state index in [1.54, 1.807) is 0 Å². The minimum Gasteiger partial charge on any atom is -0.0622 e. The molecule has 0 aliphatic heterocycles. The van der Waals surface area contributed by atoms with Gasteiger partial charge in [0, 0.05) is 0 Å². The van der Waals surface area contributed by atoms with Crippen LogP contribution >= 0.6 is 0 Å². The Balaban J connectivity index is 1.30. The maximum atomic E-state index is 2.37. The maximum Gasteiger partial charge on any atom is -0.00201 e. The van der Waals surface area contributed by atoms with Crippen LogP contribution in [0.3, 0.4) is 0 Å². The summed E-state index contributed by atoms with van der Waals surface area (Å²) < 4.78 is 0. The van der Waals surface area contributed by atoms with Crippen molar-refractivity contribution in [3.8, 4) is 44.5 Å². The number of fused-ring (bicyclic) bond motifs is 4. The third-order valence-corrected chi connectivity index (χ3v) is 9.42. The average Bonchev–Trinajstić information content (AvgIpc) is 3.13. The van der Waals surface area contributed by atoms with Gasteiger partial charge in [0.05, 0.1) is 0 Å². The molecular weight excluding hydrogens is 553 g/mol. The lowest BCUT2D eigenvalue weighted by molar-refractivity contribution is 1.62. The van der Waals surface area contributed by atoms with Crippen LogP contribution < -0.4 is 0 Å². The van der Waals surface area contributed by atoms with Crippen LogP contribution in [0.4, 0.5) is 0 Å². The third kappa shape index (κ3) is 4.38. The van der Waals surface area contributed by atoms with Crippen molar-refractivity contribution in [1.82, 2.24) is 0 Å². The van der Waals surface area contributed by atoms with E-state index in [4.69, 9.17) is 0 Å². The fraction of sp³-hybridized carbons (Fsp3) is 0. The molecule has 214 valence electrons. The van der Waals surface area contributed by atoms with Crippen molar-refractivity contribution in [3.63, 3.8) is 0 Å². The standard InChI is InChI=1S/C46H30/c1-2-12-31(13-3-1)37-27-25-33-16-11-23-43(44(33)30-37)46-41-21-8-6-19-39(41)45(40-20-7-9-22-42(40)46)38-18-10-17-35(29-38)36-26-24-32-14-4-5-15-34(32)28-36/h1-30H. The predicted octanol–water partition coefficient (Wildman–Crippen LogP) is 13.0. The van der Waals surface area contributed by atoms with Crippen molar-refractivity contribution in [2.45, 2.75) is 0 Å². The summed E-state index contributed by atoms with van der Waals surface area (Å²) in [6.45, 7) is 0. The van der Waals surface area contributed by atoms with Gasteiger partial charge in [0.2, 0.25) is 0 Å². The molecule has 0 saturated heterocycles. The van der Waals surface area contributed by atoms with Gasteiger partial charge in [0.1, 0.15) is 0 Å². The minimum atomic E-state index is 1.22. The summed E-state index contributed by atoms with van der Waals surface area (Å²) in [5.41, 5.74) is 9.98. The summed E-state index contributed by atoms with van der Waals surface area (Å²) in [6, 6.07) is 66.6. The normalized spacial score (nSPS) is 11.5. The quantitative estimate of drug-likeness (QED) is 0.181. The van der Waals surface area contributed by atoms with Crippen LogP contribution in [0.25, 0.3) is 87.6 Å². The fourth-order valence-corrected chi connectivity index (χ4v) is 7.25. The van der Waals surface area contributed by atoms with Crippen LogP contribution in [0, 0.1) is 0 Å². The second kappa shape index (κ2) is 10.9. The third-order valence-electron chi connectivity index (χ3n) is 9.42. The zero-order valence-corrected chi connectivity index (χ0v) is 25.3. The molecule has 0 spiro atoms. The summed E-state index contributed by atoms with van der Waals surface area (Å²) in [7, 11) is 0. The first kappa shape index (κ1) is 26.4. The molecule has 0 bridgehead atoms. The molecule has 9 aromatic rings. The predicted molar refractivity (Wildman–Crippen MR) is 198 cm³/mol. The summed E-state index contributed by atoms with van der Waals surface area (Å²) in [4.78, 5) is 0. The van der Waals surface area contributed by atoms with Crippen LogP contribution in [0.2, 0.25) is 0 Å². The molecule has 0 amide bonds. The zero-order chi connectivity index (χ0) is 30.5. The Kier molecular flexibility index (Phi) is 6.25. The van der Waals surface area contributed by atoms with Gasteiger partial charge in [-0.1, -0.05) is 164 Å². The van der Waals surface area contributed by atoms with Gasteiger partial charge >= 0.3 is 0 Å². The number of hydrogen-bond acceptors (Lipinski definition) is 0. The first-order chi connectivity index (χ1) is 22.8. The van der Waals surface area contributed by atoms with Gasteiger partial charge in [0.25, 0.3) is 0 Å². The van der Waals surface area contributed by atoms with Crippen molar-refractivity contribution in [1.29, 1.82) is 0 Å². The zero-order valence-electron chi connectivity index (χ0n) is 25.3. The topological polar surface area (TPSA) is 0 Å². The Morgan fingerprint density at radius 1 is 0.217 bits per heavy atom. The van der Waals surface area contributed by atoms with E-state index in [2.05, 4.69) is 182 Å². The summed E-state index contributed by atoms with van der Waals surface area (Å²) in [5.74, 6) is 0. The molecular formula is C46H30. The van der Waals surface area contributed by atoms with Gasteiger partial charge in [-0.2, -0.15) is 0 Å². The highest BCUT2D eigenvalue weighted by Crippen LogP contribution is 2.46. The molecule has 0 radical (unpaired) electrons. The summed E-state index contributed by atoms with van der Waals surface area (Å²) in [5, 5.41) is 10.1. The number of rotatable bonds is 4. The second-order valence-electron chi connectivity index (χ2n) is 12.1. The smallest absolute Gasteiger partial charge is 0.00201 e. The molecule has 0 fully saturated rings. The van der Waals surface area contributed by atoms with Crippen LogP contribution in [0.15, 0.2) is 182 Å². The Morgan fingerprint density at radius 2 is 0.717 bits per heavy atom. The van der Waals surface area contributed by atoms with E-state index in [0.29, 0.717) is 0 Å². The average molecular weight is 583 g/mol. The molecule has 0 N–H and O–H groups in total. The lowest BCUT2D eigenvalue weighted by atomic mass is 9.84. The molecule has 0 heteroatoms. The number of hydrogen-bond donors (Lipinski definition) is 0. The summed E-state index contributed by atoms with van der Waals surface area (Å²) in [6.07, 6.45) is 0. The Labute approximate surface area is 268 Å². The van der Waals surface area contributed by atoms with E-state index in [0.717, 1.165) is 0 Å². The molecule has 0 aliphatic rings. The van der Waals surface area contributed by atoms with E-state index < -0.39 is 0 Å². The van der Waals surface area contributed by atoms with Crippen molar-refractivity contribution < 1.29 is 0 Å². The Morgan fingerprint density at radius 3 is 1.46 bits per heavy atom. The van der Waals surface area contributed by atoms with Gasteiger partial charge in [0.15, 0.2) is 0 Å². The lowest BCUT2D eigenvalue weighted by Crippen LogP contribution is -1.92. The molecule has 0 unspecified atom stereocenters. The summed E-state index contributed by atoms with van der Waals surface area (Å²) >= 11 is 0. The molecule has 0 atom stereocenters. The Hall–Kier alpha value is -5.98. The highest BCUT2D eigenvalue weighted by molar-refractivity contribution is 6.23.